The maximum absolute atomic E-state index is 13.2. The van der Waals surface area contributed by atoms with Crippen molar-refractivity contribution < 1.29 is 9.13 Å². The molecule has 0 saturated carbocycles. The first kappa shape index (κ1) is 18.6. The minimum atomic E-state index is -0.275. The van der Waals surface area contributed by atoms with Crippen molar-refractivity contribution in [3.05, 3.63) is 71.1 Å². The quantitative estimate of drug-likeness (QED) is 0.664. The zero-order valence-corrected chi connectivity index (χ0v) is 15.5. The summed E-state index contributed by atoms with van der Waals surface area (Å²) in [4.78, 5) is 0. The van der Waals surface area contributed by atoms with Crippen molar-refractivity contribution >= 4 is 11.6 Å². The van der Waals surface area contributed by atoms with Crippen LogP contribution in [0.3, 0.4) is 0 Å². The molecule has 6 heteroatoms. The van der Waals surface area contributed by atoms with Gasteiger partial charge in [-0.2, -0.15) is 5.10 Å². The monoisotopic (exact) mass is 373 g/mol. The minimum Gasteiger partial charge on any atom is -0.383 e. The maximum atomic E-state index is 13.2. The van der Waals surface area contributed by atoms with E-state index < -0.39 is 0 Å². The summed E-state index contributed by atoms with van der Waals surface area (Å²) >= 11 is 6.38. The summed E-state index contributed by atoms with van der Waals surface area (Å²) in [6, 6.07) is 14.1. The van der Waals surface area contributed by atoms with Crippen LogP contribution in [0.4, 0.5) is 4.39 Å². The molecule has 4 nitrogen and oxygen atoms in total. The average Bonchev–Trinajstić information content (AvgIpc) is 3.05. The molecule has 1 N–H and O–H groups in total. The number of nitrogens with zero attached hydrogens (tertiary/aromatic N) is 2. The highest BCUT2D eigenvalue weighted by Gasteiger charge is 2.15. The lowest BCUT2D eigenvalue weighted by atomic mass is 10.1. The largest absolute Gasteiger partial charge is 0.383 e. The van der Waals surface area contributed by atoms with E-state index in [-0.39, 0.29) is 11.9 Å². The summed E-state index contributed by atoms with van der Waals surface area (Å²) in [6.07, 6.45) is 1.94. The Balaban J connectivity index is 1.97. The third-order valence-corrected chi connectivity index (χ3v) is 4.40. The lowest BCUT2D eigenvalue weighted by Gasteiger charge is -2.12. The molecule has 0 amide bonds. The first-order chi connectivity index (χ1) is 12.6. The van der Waals surface area contributed by atoms with Gasteiger partial charge in [0.25, 0.3) is 0 Å². The topological polar surface area (TPSA) is 39.1 Å². The van der Waals surface area contributed by atoms with Crippen molar-refractivity contribution in [2.45, 2.75) is 19.5 Å². The molecular formula is C20H21ClFN3O. The van der Waals surface area contributed by atoms with E-state index in [0.717, 1.165) is 22.5 Å². The number of halogens is 2. The second-order valence-electron chi connectivity index (χ2n) is 6.14. The van der Waals surface area contributed by atoms with Crippen LogP contribution >= 0.6 is 11.6 Å². The Morgan fingerprint density at radius 3 is 2.62 bits per heavy atom. The Labute approximate surface area is 157 Å². The van der Waals surface area contributed by atoms with Gasteiger partial charge in [0, 0.05) is 37.0 Å². The number of aromatic nitrogens is 2. The number of hydrogen-bond acceptors (Lipinski definition) is 3. The van der Waals surface area contributed by atoms with Crippen molar-refractivity contribution in [1.29, 1.82) is 0 Å². The number of nitrogens with one attached hydrogen (secondary N) is 1. The first-order valence-electron chi connectivity index (χ1n) is 8.40. The second kappa shape index (κ2) is 8.45. The van der Waals surface area contributed by atoms with Crippen LogP contribution in [-0.2, 0) is 11.3 Å². The van der Waals surface area contributed by atoms with Gasteiger partial charge in [-0.05, 0) is 37.3 Å². The molecule has 0 spiro atoms. The van der Waals surface area contributed by atoms with Crippen LogP contribution in [0.15, 0.2) is 54.7 Å². The summed E-state index contributed by atoms with van der Waals surface area (Å²) in [6.45, 7) is 3.29. The van der Waals surface area contributed by atoms with Crippen molar-refractivity contribution in [1.82, 2.24) is 15.1 Å². The summed E-state index contributed by atoms with van der Waals surface area (Å²) < 4.78 is 20.1. The van der Waals surface area contributed by atoms with E-state index in [1.807, 2.05) is 30.5 Å². The maximum Gasteiger partial charge on any atom is 0.123 e. The highest BCUT2D eigenvalue weighted by molar-refractivity contribution is 6.33. The zero-order valence-electron chi connectivity index (χ0n) is 14.7. The lowest BCUT2D eigenvalue weighted by molar-refractivity contribution is 0.171. The molecule has 0 saturated heterocycles. The molecule has 3 aromatic rings. The fourth-order valence-corrected chi connectivity index (χ4v) is 2.96. The molecule has 0 fully saturated rings. The van der Waals surface area contributed by atoms with Gasteiger partial charge in [0.1, 0.15) is 5.82 Å². The minimum absolute atomic E-state index is 0.202. The fraction of sp³-hybridized carbons (Fsp3) is 0.250. The molecule has 1 heterocycles. The first-order valence-corrected chi connectivity index (χ1v) is 8.78. The molecule has 1 aromatic heterocycles. The predicted octanol–water partition coefficient (Wildman–Crippen LogP) is 4.46. The molecule has 0 aliphatic heterocycles. The molecule has 0 radical (unpaired) electrons. The van der Waals surface area contributed by atoms with E-state index >= 15 is 0 Å². The highest BCUT2D eigenvalue weighted by atomic mass is 35.5. The number of methoxy groups -OCH3 is 1. The molecule has 26 heavy (non-hydrogen) atoms. The van der Waals surface area contributed by atoms with Gasteiger partial charge in [-0.15, -0.1) is 0 Å². The van der Waals surface area contributed by atoms with Crippen molar-refractivity contribution in [3.8, 4) is 16.9 Å². The third-order valence-electron chi connectivity index (χ3n) is 4.07. The van der Waals surface area contributed by atoms with E-state index in [2.05, 4.69) is 12.2 Å². The summed E-state index contributed by atoms with van der Waals surface area (Å²) in [7, 11) is 1.68. The summed E-state index contributed by atoms with van der Waals surface area (Å²) in [5.41, 5.74) is 3.46. The van der Waals surface area contributed by atoms with Gasteiger partial charge in [0.2, 0.25) is 0 Å². The number of hydrogen-bond donors (Lipinski definition) is 1. The SMILES string of the molecule is COC[C@@H](C)NCc1cn(-c2ccc(F)cc2)nc1-c1ccccc1Cl. The third kappa shape index (κ3) is 4.30. The van der Waals surface area contributed by atoms with Gasteiger partial charge >= 0.3 is 0 Å². The lowest BCUT2D eigenvalue weighted by Crippen LogP contribution is -2.29. The van der Waals surface area contributed by atoms with Crippen LogP contribution in [0.5, 0.6) is 0 Å². The van der Waals surface area contributed by atoms with Crippen molar-refractivity contribution in [2.75, 3.05) is 13.7 Å². The molecule has 3 rings (SSSR count). The number of benzene rings is 2. The molecule has 0 bridgehead atoms. The molecule has 0 aliphatic rings. The second-order valence-corrected chi connectivity index (χ2v) is 6.55. The van der Waals surface area contributed by atoms with Crippen LogP contribution < -0.4 is 5.32 Å². The molecule has 2 aromatic carbocycles. The molecule has 0 unspecified atom stereocenters. The Bertz CT molecular complexity index is 864. The van der Waals surface area contributed by atoms with Crippen molar-refractivity contribution in [2.24, 2.45) is 0 Å². The molecule has 136 valence electrons. The highest BCUT2D eigenvalue weighted by Crippen LogP contribution is 2.30. The van der Waals surface area contributed by atoms with Gasteiger partial charge in [0.05, 0.1) is 23.0 Å². The average molecular weight is 374 g/mol. The normalized spacial score (nSPS) is 12.3. The van der Waals surface area contributed by atoms with Crippen LogP contribution in [0.2, 0.25) is 5.02 Å². The van der Waals surface area contributed by atoms with E-state index in [0.29, 0.717) is 18.2 Å². The van der Waals surface area contributed by atoms with E-state index in [9.17, 15) is 4.39 Å². The standard InChI is InChI=1S/C20H21ClFN3O/c1-14(13-26-2)23-11-15-12-25(17-9-7-16(22)8-10-17)24-20(15)18-5-3-4-6-19(18)21/h3-10,12,14,23H,11,13H2,1-2H3/t14-/m1/s1. The van der Waals surface area contributed by atoms with E-state index in [1.54, 1.807) is 23.9 Å². The van der Waals surface area contributed by atoms with Gasteiger partial charge < -0.3 is 10.1 Å². The number of ether oxygens (including phenoxy) is 1. The molecular weight excluding hydrogens is 353 g/mol. The van der Waals surface area contributed by atoms with E-state index in [4.69, 9.17) is 21.4 Å². The summed E-state index contributed by atoms with van der Waals surface area (Å²) in [5.74, 6) is -0.275. The summed E-state index contributed by atoms with van der Waals surface area (Å²) in [5, 5.41) is 8.77. The smallest absolute Gasteiger partial charge is 0.123 e. The van der Waals surface area contributed by atoms with Gasteiger partial charge in [-0.3, -0.25) is 0 Å². The van der Waals surface area contributed by atoms with Gasteiger partial charge in [0.15, 0.2) is 0 Å². The molecule has 0 aliphatic carbocycles. The van der Waals surface area contributed by atoms with Crippen molar-refractivity contribution in [3.63, 3.8) is 0 Å². The Morgan fingerprint density at radius 1 is 1.19 bits per heavy atom. The van der Waals surface area contributed by atoms with Gasteiger partial charge in [-0.25, -0.2) is 9.07 Å². The predicted molar refractivity (Wildman–Crippen MR) is 102 cm³/mol. The Hall–Kier alpha value is -2.21. The van der Waals surface area contributed by atoms with Gasteiger partial charge in [-0.1, -0.05) is 29.8 Å². The van der Waals surface area contributed by atoms with Crippen LogP contribution in [0, 0.1) is 5.82 Å². The Morgan fingerprint density at radius 2 is 1.92 bits per heavy atom. The fourth-order valence-electron chi connectivity index (χ4n) is 2.74. The van der Waals surface area contributed by atoms with Crippen LogP contribution in [0.25, 0.3) is 16.9 Å². The Kier molecular flexibility index (Phi) is 6.04. The zero-order chi connectivity index (χ0) is 18.5. The van der Waals surface area contributed by atoms with Crippen LogP contribution in [0.1, 0.15) is 12.5 Å². The number of rotatable bonds is 7. The molecule has 1 atom stereocenters. The van der Waals surface area contributed by atoms with Crippen LogP contribution in [-0.4, -0.2) is 29.5 Å². The van der Waals surface area contributed by atoms with E-state index in [1.165, 1.54) is 12.1 Å².